The summed E-state index contributed by atoms with van der Waals surface area (Å²) < 4.78 is 0. The summed E-state index contributed by atoms with van der Waals surface area (Å²) in [5.41, 5.74) is 5.15. The number of carbonyl (C=O) groups is 2. The first-order valence-electron chi connectivity index (χ1n) is 6.28. The highest BCUT2D eigenvalue weighted by Crippen LogP contribution is 2.36. The van der Waals surface area contributed by atoms with E-state index in [1.54, 1.807) is 12.1 Å². The molecule has 102 valence electrons. The van der Waals surface area contributed by atoms with E-state index in [-0.39, 0.29) is 5.69 Å². The minimum absolute atomic E-state index is 0.153. The first-order valence-corrected chi connectivity index (χ1v) is 6.28. The number of aliphatic carboxylic acids is 1. The highest BCUT2D eigenvalue weighted by atomic mass is 16.4. The molecule has 2 heterocycles. The van der Waals surface area contributed by atoms with Gasteiger partial charge < -0.3 is 15.7 Å². The third-order valence-corrected chi connectivity index (χ3v) is 3.78. The van der Waals surface area contributed by atoms with E-state index >= 15 is 0 Å². The van der Waals surface area contributed by atoms with E-state index in [2.05, 4.69) is 4.98 Å². The Labute approximate surface area is 111 Å². The highest BCUT2D eigenvalue weighted by molar-refractivity contribution is 5.92. The zero-order valence-electron chi connectivity index (χ0n) is 10.8. The lowest BCUT2D eigenvalue weighted by atomic mass is 9.92. The monoisotopic (exact) mass is 263 g/mol. The Morgan fingerprint density at radius 2 is 2.32 bits per heavy atom. The summed E-state index contributed by atoms with van der Waals surface area (Å²) >= 11 is 0. The molecule has 1 aliphatic heterocycles. The number of carbonyl (C=O) groups excluding carboxylic acids is 1. The van der Waals surface area contributed by atoms with E-state index in [1.807, 2.05) is 11.8 Å². The fraction of sp³-hybridized carbons (Fsp3) is 0.462. The Morgan fingerprint density at radius 3 is 2.89 bits per heavy atom. The third kappa shape index (κ3) is 2.14. The number of aromatic nitrogens is 1. The third-order valence-electron chi connectivity index (χ3n) is 3.78. The number of rotatable bonds is 4. The van der Waals surface area contributed by atoms with E-state index < -0.39 is 17.4 Å². The van der Waals surface area contributed by atoms with Crippen molar-refractivity contribution < 1.29 is 14.7 Å². The number of carboxylic acids is 1. The van der Waals surface area contributed by atoms with E-state index in [0.717, 1.165) is 6.42 Å². The van der Waals surface area contributed by atoms with Crippen molar-refractivity contribution in [3.05, 3.63) is 24.0 Å². The van der Waals surface area contributed by atoms with Crippen LogP contribution in [0.15, 0.2) is 18.3 Å². The summed E-state index contributed by atoms with van der Waals surface area (Å²) in [6, 6.07) is 3.27. The van der Waals surface area contributed by atoms with Crippen LogP contribution >= 0.6 is 0 Å². The van der Waals surface area contributed by atoms with Crippen LogP contribution in [0, 0.1) is 0 Å². The number of amides is 1. The maximum atomic E-state index is 11.6. The van der Waals surface area contributed by atoms with Gasteiger partial charge in [0.05, 0.1) is 0 Å². The van der Waals surface area contributed by atoms with Gasteiger partial charge in [0, 0.05) is 18.4 Å². The van der Waals surface area contributed by atoms with Crippen molar-refractivity contribution in [2.24, 2.45) is 5.73 Å². The summed E-state index contributed by atoms with van der Waals surface area (Å²) in [7, 11) is 0. The van der Waals surface area contributed by atoms with Crippen LogP contribution in [0.25, 0.3) is 0 Å². The van der Waals surface area contributed by atoms with E-state index in [1.165, 1.54) is 6.20 Å². The van der Waals surface area contributed by atoms with Crippen molar-refractivity contribution in [2.75, 3.05) is 11.4 Å². The van der Waals surface area contributed by atoms with Gasteiger partial charge >= 0.3 is 5.97 Å². The Hall–Kier alpha value is -2.11. The fourth-order valence-corrected chi connectivity index (χ4v) is 2.72. The summed E-state index contributed by atoms with van der Waals surface area (Å²) in [5.74, 6) is -1.44. The number of nitrogens with zero attached hydrogens (tertiary/aromatic N) is 2. The minimum atomic E-state index is -0.893. The standard InChI is InChI=1S/C13H17N3O3/c1-2-13(12(18)19)5-3-7-16(13)9-4-6-15-10(8-9)11(14)17/h4,6,8H,2-3,5,7H2,1H3,(H2,14,17)(H,18,19). The molecule has 0 saturated carbocycles. The number of hydrogen-bond donors (Lipinski definition) is 2. The molecule has 6 heteroatoms. The molecule has 1 atom stereocenters. The molecule has 0 radical (unpaired) electrons. The number of primary amides is 1. The lowest BCUT2D eigenvalue weighted by molar-refractivity contribution is -0.143. The van der Waals surface area contributed by atoms with Gasteiger partial charge in [-0.3, -0.25) is 9.78 Å². The highest BCUT2D eigenvalue weighted by Gasteiger charge is 2.46. The lowest BCUT2D eigenvalue weighted by Gasteiger charge is -2.35. The smallest absolute Gasteiger partial charge is 0.329 e. The van der Waals surface area contributed by atoms with Gasteiger partial charge in [0.2, 0.25) is 0 Å². The Kier molecular flexibility index (Phi) is 3.42. The SMILES string of the molecule is CCC1(C(=O)O)CCCN1c1ccnc(C(N)=O)c1. The quantitative estimate of drug-likeness (QED) is 0.845. The summed E-state index contributed by atoms with van der Waals surface area (Å²) in [6.07, 6.45) is 3.41. The molecule has 0 bridgehead atoms. The number of hydrogen-bond acceptors (Lipinski definition) is 4. The van der Waals surface area contributed by atoms with Gasteiger partial charge in [0.1, 0.15) is 11.2 Å². The Morgan fingerprint density at radius 1 is 1.58 bits per heavy atom. The molecule has 19 heavy (non-hydrogen) atoms. The number of pyridine rings is 1. The van der Waals surface area contributed by atoms with Crippen molar-refractivity contribution >= 4 is 17.6 Å². The molecule has 1 saturated heterocycles. The number of nitrogens with two attached hydrogens (primary N) is 1. The van der Waals surface area contributed by atoms with Gasteiger partial charge in [-0.2, -0.15) is 0 Å². The average Bonchev–Trinajstić information content (AvgIpc) is 2.83. The predicted octanol–water partition coefficient (Wildman–Crippen LogP) is 1.01. The predicted molar refractivity (Wildman–Crippen MR) is 70.0 cm³/mol. The van der Waals surface area contributed by atoms with Crippen LogP contribution in [0.3, 0.4) is 0 Å². The fourth-order valence-electron chi connectivity index (χ4n) is 2.72. The van der Waals surface area contributed by atoms with Crippen LogP contribution in [0.4, 0.5) is 5.69 Å². The molecule has 1 aromatic rings. The molecule has 0 aromatic carbocycles. The molecule has 1 fully saturated rings. The second-order valence-corrected chi connectivity index (χ2v) is 4.71. The van der Waals surface area contributed by atoms with Gasteiger partial charge in [-0.1, -0.05) is 6.92 Å². The summed E-state index contributed by atoms with van der Waals surface area (Å²) in [4.78, 5) is 28.5. The molecular weight excluding hydrogens is 246 g/mol. The van der Waals surface area contributed by atoms with Gasteiger partial charge in [-0.25, -0.2) is 4.79 Å². The molecule has 1 aromatic heterocycles. The zero-order valence-corrected chi connectivity index (χ0v) is 10.8. The Balaban J connectivity index is 2.42. The minimum Gasteiger partial charge on any atom is -0.479 e. The first kappa shape index (κ1) is 13.3. The first-order chi connectivity index (χ1) is 9.01. The van der Waals surface area contributed by atoms with Gasteiger partial charge in [-0.05, 0) is 31.4 Å². The van der Waals surface area contributed by atoms with Crippen molar-refractivity contribution in [1.82, 2.24) is 4.98 Å². The number of anilines is 1. The van der Waals surface area contributed by atoms with Crippen LogP contribution in [0.5, 0.6) is 0 Å². The normalized spacial score (nSPS) is 22.5. The second kappa shape index (κ2) is 4.87. The largest absolute Gasteiger partial charge is 0.479 e. The van der Waals surface area contributed by atoms with Gasteiger partial charge in [0.15, 0.2) is 0 Å². The van der Waals surface area contributed by atoms with E-state index in [4.69, 9.17) is 5.73 Å². The number of carboxylic acid groups (broad SMARTS) is 1. The average molecular weight is 263 g/mol. The van der Waals surface area contributed by atoms with Crippen molar-refractivity contribution in [3.63, 3.8) is 0 Å². The van der Waals surface area contributed by atoms with Gasteiger partial charge in [0.25, 0.3) is 5.91 Å². The Bertz CT molecular complexity index is 518. The topological polar surface area (TPSA) is 96.5 Å². The maximum Gasteiger partial charge on any atom is 0.329 e. The van der Waals surface area contributed by atoms with Crippen LogP contribution in [-0.2, 0) is 4.79 Å². The molecule has 1 unspecified atom stereocenters. The van der Waals surface area contributed by atoms with Gasteiger partial charge in [-0.15, -0.1) is 0 Å². The molecule has 0 aliphatic carbocycles. The van der Waals surface area contributed by atoms with Crippen molar-refractivity contribution in [3.8, 4) is 0 Å². The summed E-state index contributed by atoms with van der Waals surface area (Å²) in [6.45, 7) is 2.52. The van der Waals surface area contributed by atoms with Crippen LogP contribution in [-0.4, -0.2) is 34.1 Å². The molecular formula is C13H17N3O3. The van der Waals surface area contributed by atoms with Crippen LogP contribution < -0.4 is 10.6 Å². The molecule has 1 aliphatic rings. The van der Waals surface area contributed by atoms with Crippen LogP contribution in [0.1, 0.15) is 36.7 Å². The van der Waals surface area contributed by atoms with Crippen molar-refractivity contribution in [2.45, 2.75) is 31.7 Å². The molecule has 0 spiro atoms. The molecule has 1 amide bonds. The zero-order chi connectivity index (χ0) is 14.0. The molecule has 3 N–H and O–H groups in total. The lowest BCUT2D eigenvalue weighted by Crippen LogP contribution is -2.50. The molecule has 6 nitrogen and oxygen atoms in total. The van der Waals surface area contributed by atoms with E-state index in [9.17, 15) is 14.7 Å². The van der Waals surface area contributed by atoms with Crippen LogP contribution in [0.2, 0.25) is 0 Å². The van der Waals surface area contributed by atoms with E-state index in [0.29, 0.717) is 25.1 Å². The maximum absolute atomic E-state index is 11.6. The summed E-state index contributed by atoms with van der Waals surface area (Å²) in [5, 5.41) is 9.53. The second-order valence-electron chi connectivity index (χ2n) is 4.71. The van der Waals surface area contributed by atoms with Crippen molar-refractivity contribution in [1.29, 1.82) is 0 Å². The molecule has 2 rings (SSSR count).